The fraction of sp³-hybridized carbons (Fsp3) is 0.750. The van der Waals surface area contributed by atoms with Gasteiger partial charge in [0.25, 0.3) is 0 Å². The maximum atomic E-state index is 12.1. The van der Waals surface area contributed by atoms with Crippen molar-refractivity contribution in [1.82, 2.24) is 4.90 Å². The van der Waals surface area contributed by atoms with E-state index >= 15 is 0 Å². The molecule has 92 valence electrons. The summed E-state index contributed by atoms with van der Waals surface area (Å²) in [6.07, 6.45) is -4.91. The van der Waals surface area contributed by atoms with Gasteiger partial charge in [-0.3, -0.25) is 9.59 Å². The first-order valence-electron chi connectivity index (χ1n) is 4.56. The molecular weight excluding hydrogens is 229 g/mol. The molecule has 3 N–H and O–H groups in total. The third-order valence-electron chi connectivity index (χ3n) is 2.36. The summed E-state index contributed by atoms with van der Waals surface area (Å²) in [5, 5.41) is 8.68. The second-order valence-corrected chi connectivity index (χ2v) is 3.74. The second-order valence-electron chi connectivity index (χ2n) is 3.74. The number of likely N-dealkylation sites (tertiary alicyclic amines) is 1. The molecule has 1 aliphatic heterocycles. The Labute approximate surface area is 89.0 Å². The molecule has 1 aliphatic rings. The number of rotatable bonds is 1. The fourth-order valence-electron chi connectivity index (χ4n) is 1.66. The number of nitrogens with two attached hydrogens (primary N) is 1. The van der Waals surface area contributed by atoms with E-state index < -0.39 is 36.6 Å². The average molecular weight is 240 g/mol. The average Bonchev–Trinajstić information content (AvgIpc) is 2.14. The third kappa shape index (κ3) is 2.84. The minimum absolute atomic E-state index is 0.0803. The minimum atomic E-state index is -4.99. The van der Waals surface area contributed by atoms with Gasteiger partial charge in [-0.2, -0.15) is 13.2 Å². The van der Waals surface area contributed by atoms with Gasteiger partial charge in [0.1, 0.15) is 0 Å². The molecule has 1 fully saturated rings. The summed E-state index contributed by atoms with van der Waals surface area (Å²) < 4.78 is 36.3. The number of alkyl halides is 3. The van der Waals surface area contributed by atoms with Gasteiger partial charge in [0, 0.05) is 19.1 Å². The molecule has 0 unspecified atom stereocenters. The molecule has 1 heterocycles. The van der Waals surface area contributed by atoms with Crippen LogP contribution in [0.2, 0.25) is 0 Å². The molecule has 0 aromatic carbocycles. The van der Waals surface area contributed by atoms with Crippen LogP contribution < -0.4 is 5.73 Å². The Hall–Kier alpha value is -1.31. The van der Waals surface area contributed by atoms with Gasteiger partial charge in [0.2, 0.25) is 0 Å². The zero-order valence-electron chi connectivity index (χ0n) is 8.20. The number of piperidine rings is 1. The van der Waals surface area contributed by atoms with Crippen molar-refractivity contribution in [1.29, 1.82) is 0 Å². The van der Waals surface area contributed by atoms with E-state index in [0.29, 0.717) is 4.90 Å². The molecule has 0 spiro atoms. The van der Waals surface area contributed by atoms with Crippen molar-refractivity contribution in [2.75, 3.05) is 13.1 Å². The van der Waals surface area contributed by atoms with Crippen molar-refractivity contribution in [2.45, 2.75) is 18.6 Å². The number of aliphatic carboxylic acids is 1. The highest BCUT2D eigenvalue weighted by Gasteiger charge is 2.45. The predicted octanol–water partition coefficient (Wildman–Crippen LogP) is -0.191. The largest absolute Gasteiger partial charge is 0.481 e. The summed E-state index contributed by atoms with van der Waals surface area (Å²) in [6.45, 7) is -0.705. The summed E-state index contributed by atoms with van der Waals surface area (Å²) in [4.78, 5) is 22.0. The Morgan fingerprint density at radius 2 is 1.88 bits per heavy atom. The van der Waals surface area contributed by atoms with E-state index in [9.17, 15) is 22.8 Å². The Morgan fingerprint density at radius 3 is 2.31 bits per heavy atom. The van der Waals surface area contributed by atoms with Crippen molar-refractivity contribution in [3.63, 3.8) is 0 Å². The zero-order chi connectivity index (χ0) is 12.5. The first-order chi connectivity index (χ1) is 7.21. The highest BCUT2D eigenvalue weighted by Crippen LogP contribution is 2.23. The quantitative estimate of drug-likeness (QED) is 0.665. The van der Waals surface area contributed by atoms with Crippen LogP contribution in [-0.2, 0) is 9.59 Å². The molecule has 0 saturated carbocycles. The summed E-state index contributed by atoms with van der Waals surface area (Å²) >= 11 is 0. The Bertz CT molecular complexity index is 305. The molecule has 0 aromatic heterocycles. The van der Waals surface area contributed by atoms with Gasteiger partial charge in [-0.25, -0.2) is 0 Å². The highest BCUT2D eigenvalue weighted by atomic mass is 19.4. The zero-order valence-corrected chi connectivity index (χ0v) is 8.20. The van der Waals surface area contributed by atoms with Crippen LogP contribution >= 0.6 is 0 Å². The van der Waals surface area contributed by atoms with E-state index in [1.807, 2.05) is 0 Å². The van der Waals surface area contributed by atoms with Crippen molar-refractivity contribution in [2.24, 2.45) is 11.7 Å². The lowest BCUT2D eigenvalue weighted by Gasteiger charge is -2.34. The Kier molecular flexibility index (Phi) is 3.41. The van der Waals surface area contributed by atoms with Gasteiger partial charge in [0.15, 0.2) is 0 Å². The van der Waals surface area contributed by atoms with Gasteiger partial charge in [-0.15, -0.1) is 0 Å². The first-order valence-corrected chi connectivity index (χ1v) is 4.56. The summed E-state index contributed by atoms with van der Waals surface area (Å²) in [6, 6.07) is -0.735. The monoisotopic (exact) mass is 240 g/mol. The van der Waals surface area contributed by atoms with Crippen LogP contribution in [0.15, 0.2) is 0 Å². The van der Waals surface area contributed by atoms with Crippen LogP contribution in [0.5, 0.6) is 0 Å². The van der Waals surface area contributed by atoms with E-state index in [4.69, 9.17) is 10.8 Å². The van der Waals surface area contributed by atoms with Gasteiger partial charge in [0.05, 0.1) is 5.92 Å². The second kappa shape index (κ2) is 4.28. The van der Waals surface area contributed by atoms with E-state index in [1.54, 1.807) is 0 Å². The van der Waals surface area contributed by atoms with E-state index in [0.717, 1.165) is 0 Å². The van der Waals surface area contributed by atoms with Crippen LogP contribution in [0.1, 0.15) is 6.42 Å². The molecule has 0 bridgehead atoms. The van der Waals surface area contributed by atoms with Crippen molar-refractivity contribution in [3.05, 3.63) is 0 Å². The summed E-state index contributed by atoms with van der Waals surface area (Å²) in [5.41, 5.74) is 5.41. The number of carboxylic acids is 1. The Morgan fingerprint density at radius 1 is 1.31 bits per heavy atom. The van der Waals surface area contributed by atoms with Gasteiger partial charge >= 0.3 is 18.1 Å². The maximum Gasteiger partial charge on any atom is 0.471 e. The van der Waals surface area contributed by atoms with E-state index in [-0.39, 0.29) is 13.0 Å². The number of nitrogens with zero attached hydrogens (tertiary/aromatic N) is 1. The third-order valence-corrected chi connectivity index (χ3v) is 2.36. The molecule has 0 aliphatic carbocycles. The molecule has 0 aromatic rings. The van der Waals surface area contributed by atoms with Gasteiger partial charge in [-0.05, 0) is 6.42 Å². The lowest BCUT2D eigenvalue weighted by molar-refractivity contribution is -0.188. The predicted molar refractivity (Wildman–Crippen MR) is 46.4 cm³/mol. The SMILES string of the molecule is N[C@@H]1C[C@H](C(=O)O)CN(C(=O)C(F)(F)F)C1. The maximum absolute atomic E-state index is 12.1. The summed E-state index contributed by atoms with van der Waals surface area (Å²) in [7, 11) is 0. The van der Waals surface area contributed by atoms with Crippen LogP contribution in [0, 0.1) is 5.92 Å². The molecule has 0 radical (unpaired) electrons. The van der Waals surface area contributed by atoms with E-state index in [2.05, 4.69) is 0 Å². The highest BCUT2D eigenvalue weighted by molar-refractivity contribution is 5.83. The van der Waals surface area contributed by atoms with Crippen molar-refractivity contribution < 1.29 is 27.9 Å². The molecule has 1 rings (SSSR count). The van der Waals surface area contributed by atoms with Gasteiger partial charge < -0.3 is 15.7 Å². The number of carboxylic acid groups (broad SMARTS) is 1. The molecule has 2 atom stereocenters. The fourth-order valence-corrected chi connectivity index (χ4v) is 1.66. The molecule has 5 nitrogen and oxygen atoms in total. The lowest BCUT2D eigenvalue weighted by Crippen LogP contribution is -2.54. The number of carbonyl (C=O) groups is 2. The number of hydrogen-bond donors (Lipinski definition) is 2. The normalized spacial score (nSPS) is 26.6. The Balaban J connectivity index is 2.75. The molecule has 1 amide bonds. The van der Waals surface area contributed by atoms with Crippen molar-refractivity contribution >= 4 is 11.9 Å². The molecule has 1 saturated heterocycles. The van der Waals surface area contributed by atoms with E-state index in [1.165, 1.54) is 0 Å². The van der Waals surface area contributed by atoms with Crippen molar-refractivity contribution in [3.8, 4) is 0 Å². The number of carbonyl (C=O) groups excluding carboxylic acids is 1. The standard InChI is InChI=1S/C8H11F3N2O3/c9-8(10,11)7(16)13-2-4(6(14)15)1-5(12)3-13/h4-5H,1-3,12H2,(H,14,15)/t4-,5+/m0/s1. The topological polar surface area (TPSA) is 83.6 Å². The van der Waals surface area contributed by atoms with Crippen LogP contribution in [0.3, 0.4) is 0 Å². The minimum Gasteiger partial charge on any atom is -0.481 e. The number of amides is 1. The summed E-state index contributed by atoms with van der Waals surface area (Å²) in [5.74, 6) is -4.31. The van der Waals surface area contributed by atoms with Crippen LogP contribution in [-0.4, -0.2) is 47.2 Å². The lowest BCUT2D eigenvalue weighted by atomic mass is 9.95. The van der Waals surface area contributed by atoms with Gasteiger partial charge in [-0.1, -0.05) is 0 Å². The smallest absolute Gasteiger partial charge is 0.471 e. The molecular formula is C8H11F3N2O3. The molecule has 16 heavy (non-hydrogen) atoms. The molecule has 8 heteroatoms. The number of halogens is 3. The van der Waals surface area contributed by atoms with Crippen LogP contribution in [0.25, 0.3) is 0 Å². The van der Waals surface area contributed by atoms with Crippen LogP contribution in [0.4, 0.5) is 13.2 Å². The first kappa shape index (κ1) is 12.8. The number of hydrogen-bond acceptors (Lipinski definition) is 3.